The first-order valence-electron chi connectivity index (χ1n) is 9.47. The van der Waals surface area contributed by atoms with Gasteiger partial charge in [-0.3, -0.25) is 9.59 Å². The van der Waals surface area contributed by atoms with Crippen molar-refractivity contribution in [2.75, 3.05) is 10.6 Å². The lowest BCUT2D eigenvalue weighted by Gasteiger charge is -2.07. The number of hydrogen-bond acceptors (Lipinski definition) is 5. The Balaban J connectivity index is 1.35. The van der Waals surface area contributed by atoms with E-state index in [1.165, 1.54) is 23.6 Å². The zero-order valence-corrected chi connectivity index (χ0v) is 16.9. The Hall–Kier alpha value is -3.27. The monoisotopic (exact) mass is 446 g/mol. The number of carbonyl (C=O) groups excluding carboxylic acids is 2. The minimum absolute atomic E-state index is 0.0321. The second-order valence-corrected chi connectivity index (χ2v) is 8.00. The second-order valence-electron chi connectivity index (χ2n) is 7.14. The molecule has 0 bridgehead atoms. The van der Waals surface area contributed by atoms with Crippen LogP contribution in [-0.4, -0.2) is 21.8 Å². The zero-order chi connectivity index (χ0) is 22.0. The van der Waals surface area contributed by atoms with Gasteiger partial charge in [0.05, 0.1) is 29.6 Å². The van der Waals surface area contributed by atoms with Crippen molar-refractivity contribution in [3.05, 3.63) is 59.2 Å². The van der Waals surface area contributed by atoms with E-state index >= 15 is 0 Å². The van der Waals surface area contributed by atoms with Crippen molar-refractivity contribution in [1.29, 1.82) is 0 Å². The number of aromatic nitrogens is 2. The highest BCUT2D eigenvalue weighted by Gasteiger charge is 2.31. The van der Waals surface area contributed by atoms with Crippen LogP contribution in [0.1, 0.15) is 24.1 Å². The number of benzene rings is 1. The summed E-state index contributed by atoms with van der Waals surface area (Å²) in [4.78, 5) is 32.4. The Morgan fingerprint density at radius 1 is 1.13 bits per heavy atom. The van der Waals surface area contributed by atoms with Gasteiger partial charge in [-0.15, -0.1) is 11.3 Å². The Bertz CT molecular complexity index is 1110. The molecule has 3 aromatic rings. The maximum Gasteiger partial charge on any atom is 0.416 e. The number of amides is 2. The van der Waals surface area contributed by atoms with Gasteiger partial charge in [0, 0.05) is 16.9 Å². The standard InChI is InChI=1S/C21H17F3N4O2S/c22-21(23,24)14-3-1-2-13(8-14)20-27-16(11-31-20)9-18(29)26-15-6-7-17(25-10-15)28-19(30)12-4-5-12/h1-3,6-8,10-12H,4-5,9H2,(H,26,29)(H,25,28,30). The molecule has 0 spiro atoms. The zero-order valence-electron chi connectivity index (χ0n) is 16.1. The van der Waals surface area contributed by atoms with E-state index in [4.69, 9.17) is 0 Å². The molecular formula is C21H17F3N4O2S. The summed E-state index contributed by atoms with van der Waals surface area (Å²) in [5.41, 5.74) is 0.516. The quantitative estimate of drug-likeness (QED) is 0.572. The summed E-state index contributed by atoms with van der Waals surface area (Å²) in [6, 6.07) is 8.15. The van der Waals surface area contributed by atoms with Gasteiger partial charge in [0.25, 0.3) is 0 Å². The molecule has 1 saturated carbocycles. The molecule has 31 heavy (non-hydrogen) atoms. The highest BCUT2D eigenvalue weighted by Crippen LogP contribution is 2.33. The summed E-state index contributed by atoms with van der Waals surface area (Å²) in [6.07, 6.45) is -1.23. The molecule has 2 heterocycles. The number of alkyl halides is 3. The molecule has 0 saturated heterocycles. The highest BCUT2D eigenvalue weighted by atomic mass is 32.1. The third-order valence-corrected chi connectivity index (χ3v) is 5.52. The third-order valence-electron chi connectivity index (χ3n) is 4.58. The molecule has 2 aromatic heterocycles. The molecule has 0 atom stereocenters. The van der Waals surface area contributed by atoms with Gasteiger partial charge in [-0.25, -0.2) is 9.97 Å². The van der Waals surface area contributed by atoms with E-state index in [1.54, 1.807) is 23.6 Å². The Labute approximate surface area is 179 Å². The fourth-order valence-electron chi connectivity index (χ4n) is 2.83. The first-order chi connectivity index (χ1) is 14.8. The van der Waals surface area contributed by atoms with Crippen molar-refractivity contribution in [3.63, 3.8) is 0 Å². The van der Waals surface area contributed by atoms with E-state index < -0.39 is 11.7 Å². The number of anilines is 2. The van der Waals surface area contributed by atoms with Crippen LogP contribution in [0.25, 0.3) is 10.6 Å². The number of thiazole rings is 1. The number of halogens is 3. The van der Waals surface area contributed by atoms with Crippen LogP contribution in [0.15, 0.2) is 48.0 Å². The fraction of sp³-hybridized carbons (Fsp3) is 0.238. The highest BCUT2D eigenvalue weighted by molar-refractivity contribution is 7.13. The first-order valence-corrected chi connectivity index (χ1v) is 10.3. The van der Waals surface area contributed by atoms with E-state index in [2.05, 4.69) is 20.6 Å². The average molecular weight is 446 g/mol. The molecule has 160 valence electrons. The minimum Gasteiger partial charge on any atom is -0.324 e. The molecule has 1 aliphatic carbocycles. The van der Waals surface area contributed by atoms with E-state index in [9.17, 15) is 22.8 Å². The third kappa shape index (κ3) is 5.46. The molecule has 1 aromatic carbocycles. The van der Waals surface area contributed by atoms with Gasteiger partial charge in [-0.1, -0.05) is 12.1 Å². The molecule has 10 heteroatoms. The second kappa shape index (κ2) is 8.46. The molecule has 2 amide bonds. The van der Waals surface area contributed by atoms with Crippen molar-refractivity contribution in [3.8, 4) is 10.6 Å². The van der Waals surface area contributed by atoms with Crippen molar-refractivity contribution in [2.45, 2.75) is 25.4 Å². The summed E-state index contributed by atoms with van der Waals surface area (Å²) in [5, 5.41) is 7.45. The van der Waals surface area contributed by atoms with Gasteiger partial charge < -0.3 is 10.6 Å². The predicted octanol–water partition coefficient (Wildman–Crippen LogP) is 4.75. The van der Waals surface area contributed by atoms with Crippen LogP contribution < -0.4 is 10.6 Å². The molecule has 2 N–H and O–H groups in total. The van der Waals surface area contributed by atoms with Crippen LogP contribution in [0.3, 0.4) is 0 Å². The summed E-state index contributed by atoms with van der Waals surface area (Å²) in [7, 11) is 0. The molecule has 0 radical (unpaired) electrons. The normalized spacial score (nSPS) is 13.6. The topological polar surface area (TPSA) is 84.0 Å². The largest absolute Gasteiger partial charge is 0.416 e. The van der Waals surface area contributed by atoms with E-state index in [0.717, 1.165) is 25.0 Å². The number of hydrogen-bond donors (Lipinski definition) is 2. The Morgan fingerprint density at radius 2 is 1.94 bits per heavy atom. The Morgan fingerprint density at radius 3 is 2.61 bits per heavy atom. The van der Waals surface area contributed by atoms with Gasteiger partial charge in [0.1, 0.15) is 10.8 Å². The number of carbonyl (C=O) groups is 2. The van der Waals surface area contributed by atoms with Gasteiger partial charge in [-0.2, -0.15) is 13.2 Å². The van der Waals surface area contributed by atoms with Crippen LogP contribution in [0.4, 0.5) is 24.7 Å². The predicted molar refractivity (Wildman–Crippen MR) is 110 cm³/mol. The van der Waals surface area contributed by atoms with Crippen molar-refractivity contribution < 1.29 is 22.8 Å². The van der Waals surface area contributed by atoms with Crippen molar-refractivity contribution >= 4 is 34.7 Å². The van der Waals surface area contributed by atoms with Gasteiger partial charge in [0.15, 0.2) is 0 Å². The average Bonchev–Trinajstić information content (AvgIpc) is 3.48. The fourth-order valence-corrected chi connectivity index (χ4v) is 3.65. The van der Waals surface area contributed by atoms with E-state index in [1.807, 2.05) is 0 Å². The number of nitrogens with one attached hydrogen (secondary N) is 2. The lowest BCUT2D eigenvalue weighted by molar-refractivity contribution is -0.137. The lowest BCUT2D eigenvalue weighted by Crippen LogP contribution is -2.16. The molecule has 0 unspecified atom stereocenters. The van der Waals surface area contributed by atoms with Gasteiger partial charge >= 0.3 is 6.18 Å². The van der Waals surface area contributed by atoms with Crippen LogP contribution in [0, 0.1) is 5.92 Å². The first kappa shape index (κ1) is 21.0. The summed E-state index contributed by atoms with van der Waals surface area (Å²) in [6.45, 7) is 0. The molecule has 6 nitrogen and oxygen atoms in total. The Kier molecular flexibility index (Phi) is 5.73. The smallest absolute Gasteiger partial charge is 0.324 e. The molecule has 1 fully saturated rings. The van der Waals surface area contributed by atoms with Crippen LogP contribution in [-0.2, 0) is 22.2 Å². The van der Waals surface area contributed by atoms with Crippen LogP contribution in [0.5, 0.6) is 0 Å². The summed E-state index contributed by atoms with van der Waals surface area (Å²) < 4.78 is 38.7. The van der Waals surface area contributed by atoms with Crippen LogP contribution in [0.2, 0.25) is 0 Å². The molecular weight excluding hydrogens is 429 g/mol. The number of nitrogens with zero attached hydrogens (tertiary/aromatic N) is 2. The van der Waals surface area contributed by atoms with Crippen molar-refractivity contribution in [1.82, 2.24) is 9.97 Å². The van der Waals surface area contributed by atoms with Crippen molar-refractivity contribution in [2.24, 2.45) is 5.92 Å². The summed E-state index contributed by atoms with van der Waals surface area (Å²) in [5.74, 6) is 0.0992. The number of pyridine rings is 1. The van der Waals surface area contributed by atoms with Gasteiger partial charge in [0.2, 0.25) is 11.8 Å². The SMILES string of the molecule is O=C(Cc1csc(-c2cccc(C(F)(F)F)c2)n1)Nc1ccc(NC(=O)C2CC2)nc1. The van der Waals surface area contributed by atoms with Gasteiger partial charge in [-0.05, 0) is 37.1 Å². The van der Waals surface area contributed by atoms with E-state index in [-0.39, 0.29) is 24.2 Å². The summed E-state index contributed by atoms with van der Waals surface area (Å²) >= 11 is 1.17. The number of rotatable bonds is 6. The van der Waals surface area contributed by atoms with E-state index in [0.29, 0.717) is 27.8 Å². The minimum atomic E-state index is -4.43. The molecule has 0 aliphatic heterocycles. The maximum atomic E-state index is 12.9. The van der Waals surface area contributed by atoms with Crippen LogP contribution >= 0.6 is 11.3 Å². The maximum absolute atomic E-state index is 12.9. The molecule has 4 rings (SSSR count). The molecule has 1 aliphatic rings. The lowest BCUT2D eigenvalue weighted by atomic mass is 10.1.